The monoisotopic (exact) mass is 211 g/mol. The van der Waals surface area contributed by atoms with Gasteiger partial charge >= 0.3 is 0 Å². The lowest BCUT2D eigenvalue weighted by atomic mass is 9.89. The summed E-state index contributed by atoms with van der Waals surface area (Å²) in [6, 6.07) is 1.99. The first-order valence-electron chi connectivity index (χ1n) is 4.72. The van der Waals surface area contributed by atoms with Crippen LogP contribution in [0.25, 0.3) is 0 Å². The average Bonchev–Trinajstić information content (AvgIpc) is 2.47. The van der Waals surface area contributed by atoms with E-state index in [9.17, 15) is 0 Å². The van der Waals surface area contributed by atoms with E-state index in [1.54, 1.807) is 0 Å². The van der Waals surface area contributed by atoms with Crippen LogP contribution in [0.5, 0.6) is 0 Å². The molecule has 0 fully saturated rings. The summed E-state index contributed by atoms with van der Waals surface area (Å²) < 4.78 is 1.97. The molecule has 0 unspecified atom stereocenters. The molecule has 78 valence electrons. The molecule has 0 aliphatic rings. The Bertz CT molecular complexity index is 328. The summed E-state index contributed by atoms with van der Waals surface area (Å²) in [7, 11) is 0. The van der Waals surface area contributed by atoms with Gasteiger partial charge in [-0.3, -0.25) is 4.68 Å². The number of nitrogens with zero attached hydrogens (tertiary/aromatic N) is 2. The SMILES string of the molecule is Cc1ccnn1CCC(C)(C)C(N)=S. The summed E-state index contributed by atoms with van der Waals surface area (Å²) in [5, 5.41) is 4.21. The average molecular weight is 211 g/mol. The molecule has 0 aliphatic carbocycles. The minimum absolute atomic E-state index is 0.0896. The fourth-order valence-electron chi connectivity index (χ4n) is 1.14. The van der Waals surface area contributed by atoms with Gasteiger partial charge in [-0.2, -0.15) is 5.10 Å². The highest BCUT2D eigenvalue weighted by molar-refractivity contribution is 7.80. The second-order valence-electron chi connectivity index (χ2n) is 4.19. The molecular weight excluding hydrogens is 194 g/mol. The van der Waals surface area contributed by atoms with Gasteiger partial charge in [0.1, 0.15) is 0 Å². The molecule has 1 heterocycles. The molecule has 14 heavy (non-hydrogen) atoms. The zero-order valence-electron chi connectivity index (χ0n) is 8.95. The third-order valence-electron chi connectivity index (χ3n) is 2.54. The number of thiocarbonyl (C=S) groups is 1. The zero-order chi connectivity index (χ0) is 10.8. The van der Waals surface area contributed by atoms with Crippen LogP contribution in [0.4, 0.5) is 0 Å². The van der Waals surface area contributed by atoms with Crippen molar-refractivity contribution in [1.82, 2.24) is 9.78 Å². The third kappa shape index (κ3) is 2.54. The number of aryl methyl sites for hydroxylation is 2. The minimum Gasteiger partial charge on any atom is -0.393 e. The smallest absolute Gasteiger partial charge is 0.0785 e. The highest BCUT2D eigenvalue weighted by Crippen LogP contribution is 2.21. The van der Waals surface area contributed by atoms with Gasteiger partial charge in [0, 0.05) is 23.9 Å². The highest BCUT2D eigenvalue weighted by atomic mass is 32.1. The lowest BCUT2D eigenvalue weighted by molar-refractivity contribution is 0.414. The van der Waals surface area contributed by atoms with E-state index in [4.69, 9.17) is 18.0 Å². The van der Waals surface area contributed by atoms with E-state index in [1.807, 2.05) is 23.9 Å². The third-order valence-corrected chi connectivity index (χ3v) is 3.10. The lowest BCUT2D eigenvalue weighted by Gasteiger charge is -2.22. The van der Waals surface area contributed by atoms with Crippen molar-refractivity contribution in [3.05, 3.63) is 18.0 Å². The van der Waals surface area contributed by atoms with Gasteiger partial charge in [0.15, 0.2) is 0 Å². The number of aromatic nitrogens is 2. The van der Waals surface area contributed by atoms with E-state index in [0.717, 1.165) is 13.0 Å². The number of hydrogen-bond acceptors (Lipinski definition) is 2. The predicted molar refractivity (Wildman–Crippen MR) is 62.1 cm³/mol. The van der Waals surface area contributed by atoms with Gasteiger partial charge in [-0.15, -0.1) is 0 Å². The first kappa shape index (κ1) is 11.2. The van der Waals surface area contributed by atoms with Crippen LogP contribution < -0.4 is 5.73 Å². The van der Waals surface area contributed by atoms with E-state index in [-0.39, 0.29) is 5.41 Å². The van der Waals surface area contributed by atoms with E-state index in [0.29, 0.717) is 4.99 Å². The maximum absolute atomic E-state index is 5.65. The fraction of sp³-hybridized carbons (Fsp3) is 0.600. The van der Waals surface area contributed by atoms with Gasteiger partial charge in [0.2, 0.25) is 0 Å². The molecule has 0 amide bonds. The summed E-state index contributed by atoms with van der Waals surface area (Å²) in [6.45, 7) is 7.03. The molecule has 0 bridgehead atoms. The van der Waals surface area contributed by atoms with Crippen LogP contribution in [-0.2, 0) is 6.54 Å². The zero-order valence-corrected chi connectivity index (χ0v) is 9.77. The summed E-state index contributed by atoms with van der Waals surface area (Å²) >= 11 is 5.01. The van der Waals surface area contributed by atoms with Gasteiger partial charge in [0.05, 0.1) is 4.99 Å². The van der Waals surface area contributed by atoms with E-state index in [2.05, 4.69) is 18.9 Å². The standard InChI is InChI=1S/C10H17N3S/c1-8-4-6-12-13(8)7-5-10(2,3)9(11)14/h4,6H,5,7H2,1-3H3,(H2,11,14). The molecular formula is C10H17N3S. The minimum atomic E-state index is -0.0896. The molecule has 0 spiro atoms. The van der Waals surface area contributed by atoms with Crippen molar-refractivity contribution < 1.29 is 0 Å². The lowest BCUT2D eigenvalue weighted by Crippen LogP contribution is -2.31. The fourth-order valence-corrected chi connectivity index (χ4v) is 1.24. The Morgan fingerprint density at radius 2 is 2.29 bits per heavy atom. The van der Waals surface area contributed by atoms with Gasteiger partial charge < -0.3 is 5.73 Å². The molecule has 0 saturated carbocycles. The Kier molecular flexibility index (Phi) is 3.26. The van der Waals surface area contributed by atoms with Gasteiger partial charge in [-0.25, -0.2) is 0 Å². The van der Waals surface area contributed by atoms with Crippen LogP contribution in [0.15, 0.2) is 12.3 Å². The Hall–Kier alpha value is -0.900. The topological polar surface area (TPSA) is 43.8 Å². The van der Waals surface area contributed by atoms with Crippen LogP contribution in [0, 0.1) is 12.3 Å². The van der Waals surface area contributed by atoms with Crippen molar-refractivity contribution in [3.8, 4) is 0 Å². The van der Waals surface area contributed by atoms with E-state index < -0.39 is 0 Å². The van der Waals surface area contributed by atoms with Crippen LogP contribution in [-0.4, -0.2) is 14.8 Å². The van der Waals surface area contributed by atoms with E-state index in [1.165, 1.54) is 5.69 Å². The second-order valence-corrected chi connectivity index (χ2v) is 4.63. The van der Waals surface area contributed by atoms with Gasteiger partial charge in [-0.1, -0.05) is 26.1 Å². The Balaban J connectivity index is 2.57. The van der Waals surface area contributed by atoms with Gasteiger partial charge in [-0.05, 0) is 19.4 Å². The summed E-state index contributed by atoms with van der Waals surface area (Å²) in [5.41, 5.74) is 6.73. The van der Waals surface area contributed by atoms with Crippen molar-refractivity contribution in [3.63, 3.8) is 0 Å². The molecule has 0 saturated heterocycles. The normalized spacial score (nSPS) is 11.6. The first-order valence-corrected chi connectivity index (χ1v) is 5.12. The molecule has 0 radical (unpaired) electrons. The molecule has 0 aromatic carbocycles. The Morgan fingerprint density at radius 3 is 2.71 bits per heavy atom. The number of rotatable bonds is 4. The number of nitrogens with two attached hydrogens (primary N) is 1. The predicted octanol–water partition coefficient (Wildman–Crippen LogP) is 1.89. The second kappa shape index (κ2) is 4.09. The van der Waals surface area contributed by atoms with Crippen LogP contribution >= 0.6 is 12.2 Å². The van der Waals surface area contributed by atoms with Crippen molar-refractivity contribution in [2.24, 2.45) is 11.1 Å². The molecule has 2 N–H and O–H groups in total. The van der Waals surface area contributed by atoms with Crippen molar-refractivity contribution in [1.29, 1.82) is 0 Å². The summed E-state index contributed by atoms with van der Waals surface area (Å²) in [6.07, 6.45) is 2.73. The highest BCUT2D eigenvalue weighted by Gasteiger charge is 2.21. The Morgan fingerprint density at radius 1 is 1.64 bits per heavy atom. The largest absolute Gasteiger partial charge is 0.393 e. The molecule has 1 rings (SSSR count). The molecule has 4 heteroatoms. The maximum atomic E-state index is 5.65. The van der Waals surface area contributed by atoms with Crippen molar-refractivity contribution >= 4 is 17.2 Å². The van der Waals surface area contributed by atoms with Crippen LogP contribution in [0.3, 0.4) is 0 Å². The summed E-state index contributed by atoms with van der Waals surface area (Å²) in [4.78, 5) is 0.572. The maximum Gasteiger partial charge on any atom is 0.0785 e. The molecule has 1 aromatic rings. The van der Waals surface area contributed by atoms with Crippen molar-refractivity contribution in [2.45, 2.75) is 33.7 Å². The van der Waals surface area contributed by atoms with Gasteiger partial charge in [0.25, 0.3) is 0 Å². The van der Waals surface area contributed by atoms with Crippen LogP contribution in [0.2, 0.25) is 0 Å². The molecule has 3 nitrogen and oxygen atoms in total. The quantitative estimate of drug-likeness (QED) is 0.773. The Labute approximate surface area is 90.3 Å². The number of hydrogen-bond donors (Lipinski definition) is 1. The van der Waals surface area contributed by atoms with E-state index >= 15 is 0 Å². The molecule has 0 atom stereocenters. The van der Waals surface area contributed by atoms with Crippen molar-refractivity contribution in [2.75, 3.05) is 0 Å². The molecule has 1 aromatic heterocycles. The summed E-state index contributed by atoms with van der Waals surface area (Å²) in [5.74, 6) is 0. The first-order chi connectivity index (χ1) is 6.43. The van der Waals surface area contributed by atoms with Crippen LogP contribution in [0.1, 0.15) is 26.0 Å². The molecule has 0 aliphatic heterocycles.